The summed E-state index contributed by atoms with van der Waals surface area (Å²) in [5, 5.41) is 2.76. The maximum Gasteiger partial charge on any atom is 0.264 e. The molecule has 0 unspecified atom stereocenters. The molecule has 0 atom stereocenters. The molecule has 35 heavy (non-hydrogen) atoms. The highest BCUT2D eigenvalue weighted by Crippen LogP contribution is 2.25. The van der Waals surface area contributed by atoms with E-state index in [1.807, 2.05) is 30.3 Å². The Labute approximate surface area is 208 Å². The number of carbonyl (C=O) groups is 1. The van der Waals surface area contributed by atoms with Crippen molar-refractivity contribution in [1.29, 1.82) is 0 Å². The smallest absolute Gasteiger partial charge is 0.264 e. The Hall–Kier alpha value is -3.62. The molecule has 4 aromatic carbocycles. The lowest BCUT2D eigenvalue weighted by molar-refractivity contribution is -0.114. The number of benzene rings is 4. The van der Waals surface area contributed by atoms with E-state index in [-0.39, 0.29) is 4.90 Å². The molecule has 0 radical (unpaired) electrons. The number of para-hydroxylation sites is 1. The number of nitrogens with zero attached hydrogens (tertiary/aromatic N) is 1. The second-order valence-electron chi connectivity index (χ2n) is 7.65. The van der Waals surface area contributed by atoms with E-state index in [9.17, 15) is 17.6 Å². The van der Waals surface area contributed by atoms with Gasteiger partial charge in [0.05, 0.1) is 10.6 Å². The summed E-state index contributed by atoms with van der Waals surface area (Å²) in [5.74, 6) is -0.250. The maximum absolute atomic E-state index is 13.3. The van der Waals surface area contributed by atoms with E-state index in [1.165, 1.54) is 17.0 Å². The summed E-state index contributed by atoms with van der Waals surface area (Å²) in [4.78, 5) is 13.9. The van der Waals surface area contributed by atoms with E-state index < -0.39 is 28.3 Å². The van der Waals surface area contributed by atoms with Crippen molar-refractivity contribution in [3.8, 4) is 0 Å². The number of anilines is 2. The van der Waals surface area contributed by atoms with Gasteiger partial charge in [0.25, 0.3) is 10.0 Å². The average molecular weight is 507 g/mol. The zero-order valence-electron chi connectivity index (χ0n) is 18.7. The van der Waals surface area contributed by atoms with Crippen LogP contribution < -0.4 is 9.62 Å². The first-order valence-corrected chi connectivity index (χ1v) is 13.2. The zero-order valence-corrected chi connectivity index (χ0v) is 20.3. The predicted molar refractivity (Wildman–Crippen MR) is 138 cm³/mol. The fourth-order valence-electron chi connectivity index (χ4n) is 3.34. The molecule has 0 bridgehead atoms. The van der Waals surface area contributed by atoms with Crippen LogP contribution in [0.5, 0.6) is 0 Å². The standard InChI is InChI=1S/C27H23FN2O3S2/c28-22-13-17-26(18-14-22)35(32,33)30(24-7-3-1-4-8-24)19-27(31)29-23-15-11-21(12-16-23)20-34-25-9-5-2-6-10-25/h1-18H,19-20H2,(H,29,31). The molecule has 0 fully saturated rings. The lowest BCUT2D eigenvalue weighted by Crippen LogP contribution is -2.38. The minimum Gasteiger partial charge on any atom is -0.325 e. The van der Waals surface area contributed by atoms with Gasteiger partial charge in [-0.1, -0.05) is 48.5 Å². The van der Waals surface area contributed by atoms with Crippen LogP contribution in [0, 0.1) is 5.82 Å². The zero-order chi connectivity index (χ0) is 24.7. The fraction of sp³-hybridized carbons (Fsp3) is 0.0741. The Morgan fingerprint density at radius 2 is 1.40 bits per heavy atom. The fourth-order valence-corrected chi connectivity index (χ4v) is 5.64. The number of halogens is 1. The molecule has 0 saturated carbocycles. The van der Waals surface area contributed by atoms with Crippen LogP contribution in [0.25, 0.3) is 0 Å². The molecule has 0 aromatic heterocycles. The minimum atomic E-state index is -4.10. The van der Waals surface area contributed by atoms with Crippen LogP contribution in [0.15, 0.2) is 119 Å². The largest absolute Gasteiger partial charge is 0.325 e. The van der Waals surface area contributed by atoms with E-state index >= 15 is 0 Å². The molecule has 5 nitrogen and oxygen atoms in total. The molecule has 0 aliphatic carbocycles. The molecule has 0 aliphatic heterocycles. The number of amides is 1. The van der Waals surface area contributed by atoms with Gasteiger partial charge in [0, 0.05) is 16.3 Å². The lowest BCUT2D eigenvalue weighted by atomic mass is 10.2. The minimum absolute atomic E-state index is 0.101. The first-order valence-electron chi connectivity index (χ1n) is 10.8. The Bertz CT molecular complexity index is 1360. The number of hydrogen-bond donors (Lipinski definition) is 1. The molecule has 0 spiro atoms. The van der Waals surface area contributed by atoms with E-state index in [4.69, 9.17) is 0 Å². The van der Waals surface area contributed by atoms with E-state index in [2.05, 4.69) is 17.4 Å². The third-order valence-electron chi connectivity index (χ3n) is 5.12. The van der Waals surface area contributed by atoms with E-state index in [1.54, 1.807) is 54.2 Å². The molecule has 8 heteroatoms. The van der Waals surface area contributed by atoms with Gasteiger partial charge in [-0.25, -0.2) is 12.8 Å². The lowest BCUT2D eigenvalue weighted by Gasteiger charge is -2.24. The Morgan fingerprint density at radius 1 is 0.800 bits per heavy atom. The quantitative estimate of drug-likeness (QED) is 0.285. The Balaban J connectivity index is 1.46. The highest BCUT2D eigenvalue weighted by atomic mass is 32.2. The first kappa shape index (κ1) is 24.5. The van der Waals surface area contributed by atoms with Crippen molar-refractivity contribution in [3.05, 3.63) is 121 Å². The summed E-state index contributed by atoms with van der Waals surface area (Å²) in [5.41, 5.74) is 2.00. The predicted octanol–water partition coefficient (Wildman–Crippen LogP) is 5.95. The van der Waals surface area contributed by atoms with Crippen molar-refractivity contribution in [2.75, 3.05) is 16.2 Å². The normalized spacial score (nSPS) is 11.1. The third kappa shape index (κ3) is 6.49. The summed E-state index contributed by atoms with van der Waals surface area (Å²) in [6.07, 6.45) is 0. The second kappa shape index (κ2) is 11.2. The van der Waals surface area contributed by atoms with Gasteiger partial charge in [0.2, 0.25) is 5.91 Å². The second-order valence-corrected chi connectivity index (χ2v) is 10.6. The third-order valence-corrected chi connectivity index (χ3v) is 7.99. The molecular formula is C27H23FN2O3S2. The van der Waals surface area contributed by atoms with Crippen LogP contribution in [-0.4, -0.2) is 20.9 Å². The van der Waals surface area contributed by atoms with Crippen molar-refractivity contribution >= 4 is 39.1 Å². The number of carbonyl (C=O) groups excluding carboxylic acids is 1. The summed E-state index contributed by atoms with van der Waals surface area (Å²) >= 11 is 1.72. The van der Waals surface area contributed by atoms with Gasteiger partial charge in [-0.2, -0.15) is 0 Å². The van der Waals surface area contributed by atoms with Crippen molar-refractivity contribution < 1.29 is 17.6 Å². The van der Waals surface area contributed by atoms with Crippen molar-refractivity contribution in [1.82, 2.24) is 0 Å². The van der Waals surface area contributed by atoms with Crippen LogP contribution in [-0.2, 0) is 20.6 Å². The number of thioether (sulfide) groups is 1. The summed E-state index contributed by atoms with van der Waals surface area (Å²) in [6.45, 7) is -0.435. The number of nitrogens with one attached hydrogen (secondary N) is 1. The van der Waals surface area contributed by atoms with Crippen LogP contribution in [0.2, 0.25) is 0 Å². The molecule has 178 valence electrons. The van der Waals surface area contributed by atoms with Gasteiger partial charge in [0.1, 0.15) is 12.4 Å². The van der Waals surface area contributed by atoms with Gasteiger partial charge < -0.3 is 5.32 Å². The van der Waals surface area contributed by atoms with E-state index in [0.29, 0.717) is 11.4 Å². The van der Waals surface area contributed by atoms with Gasteiger partial charge in [-0.05, 0) is 66.2 Å². The van der Waals surface area contributed by atoms with Gasteiger partial charge in [-0.3, -0.25) is 9.10 Å². The topological polar surface area (TPSA) is 66.5 Å². The van der Waals surface area contributed by atoms with Gasteiger partial charge in [0.15, 0.2) is 0 Å². The molecular weight excluding hydrogens is 483 g/mol. The van der Waals surface area contributed by atoms with Crippen LogP contribution in [0.3, 0.4) is 0 Å². The Morgan fingerprint density at radius 3 is 2.03 bits per heavy atom. The molecule has 0 saturated heterocycles. The highest BCUT2D eigenvalue weighted by Gasteiger charge is 2.27. The maximum atomic E-state index is 13.3. The molecule has 0 aliphatic rings. The number of rotatable bonds is 9. The molecule has 0 heterocycles. The van der Waals surface area contributed by atoms with Crippen LogP contribution >= 0.6 is 11.8 Å². The van der Waals surface area contributed by atoms with Crippen molar-refractivity contribution in [2.24, 2.45) is 0 Å². The highest BCUT2D eigenvalue weighted by molar-refractivity contribution is 7.98. The molecule has 4 aromatic rings. The SMILES string of the molecule is O=C(CN(c1ccccc1)S(=O)(=O)c1ccc(F)cc1)Nc1ccc(CSc2ccccc2)cc1. The number of hydrogen-bond acceptors (Lipinski definition) is 4. The van der Waals surface area contributed by atoms with Crippen molar-refractivity contribution in [3.63, 3.8) is 0 Å². The van der Waals surface area contributed by atoms with Gasteiger partial charge >= 0.3 is 0 Å². The average Bonchev–Trinajstić information content (AvgIpc) is 2.88. The molecule has 1 amide bonds. The Kier molecular flexibility index (Phi) is 7.84. The summed E-state index contributed by atoms with van der Waals surface area (Å²) in [7, 11) is -4.10. The molecule has 4 rings (SSSR count). The number of sulfonamides is 1. The van der Waals surface area contributed by atoms with E-state index in [0.717, 1.165) is 27.8 Å². The van der Waals surface area contributed by atoms with Crippen LogP contribution in [0.4, 0.5) is 15.8 Å². The van der Waals surface area contributed by atoms with Crippen LogP contribution in [0.1, 0.15) is 5.56 Å². The van der Waals surface area contributed by atoms with Crippen molar-refractivity contribution in [2.45, 2.75) is 15.5 Å². The monoisotopic (exact) mass is 506 g/mol. The first-order chi connectivity index (χ1) is 16.9. The summed E-state index contributed by atoms with van der Waals surface area (Å²) < 4.78 is 40.9. The van der Waals surface area contributed by atoms with Gasteiger partial charge in [-0.15, -0.1) is 11.8 Å². The molecule has 1 N–H and O–H groups in total. The summed E-state index contributed by atoms with van der Waals surface area (Å²) in [6, 6.07) is 30.4.